The monoisotopic (exact) mass is 453 g/mol. The van der Waals surface area contributed by atoms with Gasteiger partial charge in [-0.25, -0.2) is 14.1 Å². The van der Waals surface area contributed by atoms with Crippen LogP contribution in [0.5, 0.6) is 0 Å². The van der Waals surface area contributed by atoms with Crippen molar-refractivity contribution < 1.29 is 9.50 Å². The van der Waals surface area contributed by atoms with Crippen LogP contribution in [0.4, 0.5) is 21.7 Å². The molecule has 0 radical (unpaired) electrons. The van der Waals surface area contributed by atoms with Crippen LogP contribution in [-0.2, 0) is 13.1 Å². The number of nitrogens with one attached hydrogen (secondary N) is 2. The minimum atomic E-state index is -0.260. The summed E-state index contributed by atoms with van der Waals surface area (Å²) in [6.07, 6.45) is 6.81. The van der Waals surface area contributed by atoms with E-state index in [0.717, 1.165) is 48.5 Å². The Bertz CT molecular complexity index is 1220. The van der Waals surface area contributed by atoms with Crippen molar-refractivity contribution in [1.29, 1.82) is 0 Å². The highest BCUT2D eigenvalue weighted by Gasteiger charge is 2.14. The van der Waals surface area contributed by atoms with Gasteiger partial charge in [-0.1, -0.05) is 7.43 Å². The molecule has 1 aromatic carbocycles. The highest BCUT2D eigenvalue weighted by atomic mass is 19.1. The predicted octanol–water partition coefficient (Wildman–Crippen LogP) is 1.99. The van der Waals surface area contributed by atoms with Crippen LogP contribution in [0, 0.1) is 5.82 Å². The molecule has 10 nitrogen and oxygen atoms in total. The Morgan fingerprint density at radius 3 is 2.76 bits per heavy atom. The highest BCUT2D eigenvalue weighted by Crippen LogP contribution is 2.22. The fourth-order valence-corrected chi connectivity index (χ4v) is 3.83. The van der Waals surface area contributed by atoms with Crippen LogP contribution in [0.15, 0.2) is 43.0 Å². The van der Waals surface area contributed by atoms with E-state index in [4.69, 9.17) is 5.11 Å². The van der Waals surface area contributed by atoms with Gasteiger partial charge in [0.1, 0.15) is 5.82 Å². The molecule has 0 amide bonds. The first-order chi connectivity index (χ1) is 15.7. The maximum Gasteiger partial charge on any atom is 0.229 e. The van der Waals surface area contributed by atoms with Gasteiger partial charge >= 0.3 is 0 Å². The molecule has 1 saturated heterocycles. The molecule has 33 heavy (non-hydrogen) atoms. The molecular formula is C22H28FN9O. The molecule has 1 fully saturated rings. The number of aliphatic hydroxyl groups is 1. The third-order valence-electron chi connectivity index (χ3n) is 5.35. The Hall–Kier alpha value is -3.57. The van der Waals surface area contributed by atoms with E-state index in [-0.39, 0.29) is 19.9 Å². The van der Waals surface area contributed by atoms with E-state index in [9.17, 15) is 4.39 Å². The summed E-state index contributed by atoms with van der Waals surface area (Å²) in [5.41, 5.74) is 3.07. The van der Waals surface area contributed by atoms with Gasteiger partial charge in [0.2, 0.25) is 5.95 Å². The van der Waals surface area contributed by atoms with Gasteiger partial charge in [0, 0.05) is 44.3 Å². The zero-order valence-corrected chi connectivity index (χ0v) is 17.4. The van der Waals surface area contributed by atoms with Crippen molar-refractivity contribution in [3.05, 3.63) is 54.4 Å². The lowest BCUT2D eigenvalue weighted by Crippen LogP contribution is -2.43. The number of nitrogens with zero attached hydrogens (tertiary/aromatic N) is 7. The molecule has 5 rings (SSSR count). The number of piperazine rings is 1. The average molecular weight is 454 g/mol. The van der Waals surface area contributed by atoms with Crippen LogP contribution in [0.2, 0.25) is 0 Å². The number of anilines is 3. The molecule has 3 aromatic heterocycles. The molecule has 0 atom stereocenters. The van der Waals surface area contributed by atoms with Crippen LogP contribution >= 0.6 is 0 Å². The summed E-state index contributed by atoms with van der Waals surface area (Å²) in [7, 11) is 0. The lowest BCUT2D eigenvalue weighted by Gasteiger charge is -2.29. The molecule has 3 N–H and O–H groups in total. The first-order valence-electron chi connectivity index (χ1n) is 10.5. The molecule has 1 aliphatic rings. The average Bonchev–Trinajstić information content (AvgIpc) is 3.41. The second-order valence-corrected chi connectivity index (χ2v) is 7.67. The summed E-state index contributed by atoms with van der Waals surface area (Å²) in [4.78, 5) is 11.1. The lowest BCUT2D eigenvalue weighted by atomic mass is 10.1. The number of benzene rings is 1. The highest BCUT2D eigenvalue weighted by molar-refractivity contribution is 5.75. The molecule has 11 heteroatoms. The minimum absolute atomic E-state index is 0. The van der Waals surface area contributed by atoms with Crippen LogP contribution in [-0.4, -0.2) is 67.4 Å². The molecule has 0 aliphatic carbocycles. The second-order valence-electron chi connectivity index (χ2n) is 7.67. The molecule has 0 bridgehead atoms. The summed E-state index contributed by atoms with van der Waals surface area (Å²) < 4.78 is 17.7. The maximum atomic E-state index is 14.4. The van der Waals surface area contributed by atoms with E-state index in [2.05, 4.69) is 35.7 Å². The van der Waals surface area contributed by atoms with Gasteiger partial charge in [0.15, 0.2) is 5.65 Å². The van der Waals surface area contributed by atoms with Crippen molar-refractivity contribution in [3.8, 4) is 0 Å². The third-order valence-corrected chi connectivity index (χ3v) is 5.35. The Kier molecular flexibility index (Phi) is 6.80. The number of rotatable bonds is 7. The van der Waals surface area contributed by atoms with E-state index in [1.54, 1.807) is 40.2 Å². The summed E-state index contributed by atoms with van der Waals surface area (Å²) in [6.45, 7) is 4.31. The normalized spacial score (nSPS) is 13.8. The number of halogens is 1. The number of hydrogen-bond acceptors (Lipinski definition) is 8. The van der Waals surface area contributed by atoms with Crippen LogP contribution < -0.4 is 15.5 Å². The van der Waals surface area contributed by atoms with E-state index >= 15 is 0 Å². The van der Waals surface area contributed by atoms with Gasteiger partial charge in [-0.05, 0) is 23.8 Å². The smallest absolute Gasteiger partial charge is 0.229 e. The molecule has 4 aromatic rings. The Balaban J connectivity index is 0.00000259. The molecule has 0 saturated carbocycles. The number of aliphatic hydroxyl groups excluding tert-OH is 1. The van der Waals surface area contributed by atoms with Crippen molar-refractivity contribution in [2.24, 2.45) is 0 Å². The van der Waals surface area contributed by atoms with E-state index in [0.29, 0.717) is 24.7 Å². The van der Waals surface area contributed by atoms with Gasteiger partial charge in [0.25, 0.3) is 0 Å². The Labute approximate surface area is 191 Å². The number of fused-ring (bicyclic) bond motifs is 1. The van der Waals surface area contributed by atoms with Gasteiger partial charge in [-0.15, -0.1) is 0 Å². The lowest BCUT2D eigenvalue weighted by molar-refractivity contribution is 0.269. The molecule has 1 aliphatic heterocycles. The first kappa shape index (κ1) is 22.6. The van der Waals surface area contributed by atoms with E-state index in [1.165, 1.54) is 6.07 Å². The molecule has 4 heterocycles. The largest absolute Gasteiger partial charge is 0.394 e. The van der Waals surface area contributed by atoms with Crippen LogP contribution in [0.25, 0.3) is 11.0 Å². The van der Waals surface area contributed by atoms with Crippen LogP contribution in [0.1, 0.15) is 13.0 Å². The van der Waals surface area contributed by atoms with E-state index in [1.807, 2.05) is 6.07 Å². The molecule has 174 valence electrons. The summed E-state index contributed by atoms with van der Waals surface area (Å²) >= 11 is 0. The van der Waals surface area contributed by atoms with Crippen molar-refractivity contribution >= 4 is 28.4 Å². The Morgan fingerprint density at radius 1 is 1.09 bits per heavy atom. The van der Waals surface area contributed by atoms with Crippen molar-refractivity contribution in [2.45, 2.75) is 20.5 Å². The molecule has 0 spiro atoms. The van der Waals surface area contributed by atoms with Gasteiger partial charge in [-0.3, -0.25) is 4.68 Å². The van der Waals surface area contributed by atoms with Gasteiger partial charge in [0.05, 0.1) is 43.2 Å². The SMILES string of the molecule is C.OCCn1cc(Nc2ncc3cnn(Cc4cc(F)cc(N5CCNCC5)c4)c3n2)cn1. The quantitative estimate of drug-likeness (QED) is 0.390. The number of hydrogen-bond donors (Lipinski definition) is 3. The van der Waals surface area contributed by atoms with Crippen LogP contribution in [0.3, 0.4) is 0 Å². The fourth-order valence-electron chi connectivity index (χ4n) is 3.83. The zero-order valence-electron chi connectivity index (χ0n) is 17.4. The second kappa shape index (κ2) is 9.92. The zero-order chi connectivity index (χ0) is 21.9. The van der Waals surface area contributed by atoms with Gasteiger partial charge in [-0.2, -0.15) is 15.2 Å². The molecule has 0 unspecified atom stereocenters. The van der Waals surface area contributed by atoms with Gasteiger partial charge < -0.3 is 20.6 Å². The first-order valence-corrected chi connectivity index (χ1v) is 10.5. The molecular weight excluding hydrogens is 425 g/mol. The van der Waals surface area contributed by atoms with Crippen molar-refractivity contribution in [3.63, 3.8) is 0 Å². The fraction of sp³-hybridized carbons (Fsp3) is 0.364. The minimum Gasteiger partial charge on any atom is -0.394 e. The summed E-state index contributed by atoms with van der Waals surface area (Å²) in [5, 5.41) is 24.9. The Morgan fingerprint density at radius 2 is 1.94 bits per heavy atom. The maximum absolute atomic E-state index is 14.4. The van der Waals surface area contributed by atoms with Crippen molar-refractivity contribution in [2.75, 3.05) is 43.0 Å². The summed E-state index contributed by atoms with van der Waals surface area (Å²) in [6, 6.07) is 5.13. The number of aromatic nitrogens is 6. The van der Waals surface area contributed by atoms with E-state index < -0.39 is 0 Å². The summed E-state index contributed by atoms with van der Waals surface area (Å²) in [5.74, 6) is 0.146. The standard InChI is InChI=1S/C21H24FN9O.CH4/c22-17-7-15(8-19(9-17)29-3-1-23-2-4-29)13-31-20-16(11-26-31)10-24-21(28-20)27-18-12-25-30(14-18)5-6-32;/h7-12,14,23,32H,1-6,13H2,(H,24,27,28);1H4. The third kappa shape index (κ3) is 5.10. The van der Waals surface area contributed by atoms with Crippen molar-refractivity contribution in [1.82, 2.24) is 34.8 Å². The predicted molar refractivity (Wildman–Crippen MR) is 125 cm³/mol. The topological polar surface area (TPSA) is 109 Å².